The molecular weight excluding hydrogens is 500 g/mol. The first kappa shape index (κ1) is 25.7. The summed E-state index contributed by atoms with van der Waals surface area (Å²) in [6, 6.07) is 11.8. The second-order valence-electron chi connectivity index (χ2n) is 8.36. The number of aryl methyl sites for hydroxylation is 1. The summed E-state index contributed by atoms with van der Waals surface area (Å²) in [5.74, 6) is -0.623. The Bertz CT molecular complexity index is 1290. The molecule has 0 fully saturated rings. The lowest BCUT2D eigenvalue weighted by Gasteiger charge is -2.12. The number of halogens is 1. The number of nitrogens with one attached hydrogen (secondary N) is 2. The van der Waals surface area contributed by atoms with Crippen molar-refractivity contribution in [3.05, 3.63) is 74.6 Å². The smallest absolute Gasteiger partial charge is 0.341 e. The molecule has 7 nitrogen and oxygen atoms in total. The van der Waals surface area contributed by atoms with Gasteiger partial charge in [-0.15, -0.1) is 11.3 Å². The lowest BCUT2D eigenvalue weighted by molar-refractivity contribution is -0.118. The first-order chi connectivity index (χ1) is 17.4. The van der Waals surface area contributed by atoms with Crippen molar-refractivity contribution < 1.29 is 23.9 Å². The molecule has 0 saturated carbocycles. The van der Waals surface area contributed by atoms with Crippen LogP contribution in [0.5, 0.6) is 5.75 Å². The van der Waals surface area contributed by atoms with E-state index in [9.17, 15) is 14.4 Å². The summed E-state index contributed by atoms with van der Waals surface area (Å²) in [6.07, 6.45) is 3.79. The molecule has 0 bridgehead atoms. The molecule has 3 aromatic rings. The summed E-state index contributed by atoms with van der Waals surface area (Å²) in [7, 11) is 0. The highest BCUT2D eigenvalue weighted by Crippen LogP contribution is 2.38. The Morgan fingerprint density at radius 3 is 2.53 bits per heavy atom. The van der Waals surface area contributed by atoms with Gasteiger partial charge >= 0.3 is 5.97 Å². The van der Waals surface area contributed by atoms with Gasteiger partial charge in [0.05, 0.1) is 12.2 Å². The number of fused-ring (bicyclic) bond motifs is 1. The minimum absolute atomic E-state index is 0.238. The van der Waals surface area contributed by atoms with Crippen LogP contribution in [-0.2, 0) is 22.4 Å². The van der Waals surface area contributed by atoms with Crippen molar-refractivity contribution in [1.29, 1.82) is 0 Å². The first-order valence-corrected chi connectivity index (χ1v) is 13.0. The van der Waals surface area contributed by atoms with Gasteiger partial charge in [-0.05, 0) is 87.1 Å². The number of carbonyl (C=O) groups is 3. The second kappa shape index (κ2) is 11.6. The third-order valence-corrected chi connectivity index (χ3v) is 7.52. The Morgan fingerprint density at radius 2 is 1.78 bits per heavy atom. The number of carbonyl (C=O) groups excluding carboxylic acids is 3. The van der Waals surface area contributed by atoms with Crippen molar-refractivity contribution in [2.24, 2.45) is 0 Å². The molecule has 0 spiro atoms. The predicted octanol–water partition coefficient (Wildman–Crippen LogP) is 6.04. The quantitative estimate of drug-likeness (QED) is 0.349. The van der Waals surface area contributed by atoms with Crippen LogP contribution in [0.25, 0.3) is 0 Å². The fourth-order valence-corrected chi connectivity index (χ4v) is 5.49. The maximum Gasteiger partial charge on any atom is 0.341 e. The van der Waals surface area contributed by atoms with E-state index < -0.39 is 5.97 Å². The van der Waals surface area contributed by atoms with Crippen molar-refractivity contribution in [2.45, 2.75) is 39.5 Å². The SMILES string of the molecule is CCOC(=O)c1c(NC(=O)COc2ccc(C(=O)Nc3cccc(Cl)c3C)cc2)sc2c1CCCC2. The maximum atomic E-state index is 12.6. The highest BCUT2D eigenvalue weighted by Gasteiger charge is 2.27. The third kappa shape index (κ3) is 5.88. The lowest BCUT2D eigenvalue weighted by Crippen LogP contribution is -2.21. The predicted molar refractivity (Wildman–Crippen MR) is 142 cm³/mol. The maximum absolute atomic E-state index is 12.6. The standard InChI is InChI=1S/C27H27ClN2O5S/c1-3-34-27(33)24-19-7-4-5-10-22(19)36-26(24)30-23(31)15-35-18-13-11-17(12-14-18)25(32)29-21-9-6-8-20(28)16(21)2/h6,8-9,11-14H,3-5,7,10,15H2,1-2H3,(H,29,32)(H,30,31). The summed E-state index contributed by atoms with van der Waals surface area (Å²) >= 11 is 7.55. The van der Waals surface area contributed by atoms with Gasteiger partial charge in [0.15, 0.2) is 6.61 Å². The van der Waals surface area contributed by atoms with Crippen LogP contribution >= 0.6 is 22.9 Å². The van der Waals surface area contributed by atoms with Crippen LogP contribution < -0.4 is 15.4 Å². The third-order valence-electron chi connectivity index (χ3n) is 5.91. The van der Waals surface area contributed by atoms with Gasteiger partial charge in [-0.2, -0.15) is 0 Å². The Balaban J connectivity index is 1.36. The average Bonchev–Trinajstić information content (AvgIpc) is 3.23. The van der Waals surface area contributed by atoms with Crippen molar-refractivity contribution >= 4 is 51.4 Å². The minimum Gasteiger partial charge on any atom is -0.484 e. The fraction of sp³-hybridized carbons (Fsp3) is 0.296. The normalized spacial score (nSPS) is 12.4. The molecule has 9 heteroatoms. The van der Waals surface area contributed by atoms with Gasteiger partial charge in [0.1, 0.15) is 10.8 Å². The monoisotopic (exact) mass is 526 g/mol. The van der Waals surface area contributed by atoms with Gasteiger partial charge in [0.25, 0.3) is 11.8 Å². The van der Waals surface area contributed by atoms with Gasteiger partial charge in [-0.1, -0.05) is 17.7 Å². The van der Waals surface area contributed by atoms with E-state index >= 15 is 0 Å². The Kier molecular flexibility index (Phi) is 8.28. The van der Waals surface area contributed by atoms with Crippen LogP contribution in [0.4, 0.5) is 10.7 Å². The molecule has 2 N–H and O–H groups in total. The van der Waals surface area contributed by atoms with Crippen LogP contribution in [0.15, 0.2) is 42.5 Å². The number of thiophene rings is 1. The zero-order chi connectivity index (χ0) is 25.7. The van der Waals surface area contributed by atoms with Gasteiger partial charge in [0.2, 0.25) is 0 Å². The topological polar surface area (TPSA) is 93.7 Å². The molecule has 188 valence electrons. The molecule has 0 aliphatic heterocycles. The van der Waals surface area contributed by atoms with Gasteiger partial charge in [-0.25, -0.2) is 4.79 Å². The zero-order valence-corrected chi connectivity index (χ0v) is 21.7. The van der Waals surface area contributed by atoms with Crippen LogP contribution in [0, 0.1) is 6.92 Å². The summed E-state index contributed by atoms with van der Waals surface area (Å²) in [6.45, 7) is 3.63. The van der Waals surface area contributed by atoms with Gasteiger partial charge < -0.3 is 20.1 Å². The van der Waals surface area contributed by atoms with E-state index in [0.29, 0.717) is 32.6 Å². The molecule has 1 aliphatic rings. The molecule has 1 aromatic heterocycles. The second-order valence-corrected chi connectivity index (χ2v) is 9.88. The molecule has 1 aliphatic carbocycles. The molecule has 1 heterocycles. The molecule has 2 amide bonds. The molecule has 36 heavy (non-hydrogen) atoms. The number of hydrogen-bond donors (Lipinski definition) is 2. The Hall–Kier alpha value is -3.36. The lowest BCUT2D eigenvalue weighted by atomic mass is 9.95. The number of ether oxygens (including phenoxy) is 2. The van der Waals surface area contributed by atoms with Crippen LogP contribution in [-0.4, -0.2) is 31.0 Å². The molecule has 0 radical (unpaired) electrons. The number of rotatable bonds is 8. The molecular formula is C27H27ClN2O5S. The Labute approximate surface area is 218 Å². The van der Waals surface area contributed by atoms with Crippen molar-refractivity contribution in [2.75, 3.05) is 23.8 Å². The van der Waals surface area contributed by atoms with Crippen LogP contribution in [0.3, 0.4) is 0 Å². The van der Waals surface area contributed by atoms with E-state index in [1.807, 2.05) is 6.92 Å². The average molecular weight is 527 g/mol. The number of benzene rings is 2. The van der Waals surface area contributed by atoms with Crippen molar-refractivity contribution in [1.82, 2.24) is 0 Å². The number of anilines is 2. The first-order valence-electron chi connectivity index (χ1n) is 11.8. The highest BCUT2D eigenvalue weighted by molar-refractivity contribution is 7.17. The largest absolute Gasteiger partial charge is 0.484 e. The summed E-state index contributed by atoms with van der Waals surface area (Å²) in [5, 5.41) is 6.75. The van der Waals surface area contributed by atoms with Crippen molar-refractivity contribution in [3.8, 4) is 5.75 Å². The summed E-state index contributed by atoms with van der Waals surface area (Å²) in [4.78, 5) is 38.9. The van der Waals surface area contributed by atoms with E-state index in [-0.39, 0.29) is 25.0 Å². The van der Waals surface area contributed by atoms with E-state index in [2.05, 4.69) is 10.6 Å². The zero-order valence-electron chi connectivity index (χ0n) is 20.1. The number of esters is 1. The van der Waals surface area contributed by atoms with Gasteiger partial charge in [0, 0.05) is 21.2 Å². The van der Waals surface area contributed by atoms with E-state index in [1.165, 1.54) is 11.3 Å². The van der Waals surface area contributed by atoms with E-state index in [1.54, 1.807) is 49.4 Å². The number of amides is 2. The van der Waals surface area contributed by atoms with Crippen LogP contribution in [0.2, 0.25) is 5.02 Å². The Morgan fingerprint density at radius 1 is 1.03 bits per heavy atom. The molecule has 0 atom stereocenters. The molecule has 0 saturated heterocycles. The number of hydrogen-bond acceptors (Lipinski definition) is 6. The molecule has 4 rings (SSSR count). The van der Waals surface area contributed by atoms with E-state index in [0.717, 1.165) is 41.7 Å². The van der Waals surface area contributed by atoms with Crippen molar-refractivity contribution in [3.63, 3.8) is 0 Å². The summed E-state index contributed by atoms with van der Waals surface area (Å²) in [5.41, 5.74) is 3.32. The fourth-order valence-electron chi connectivity index (χ4n) is 4.02. The van der Waals surface area contributed by atoms with Gasteiger partial charge in [-0.3, -0.25) is 9.59 Å². The highest BCUT2D eigenvalue weighted by atomic mass is 35.5. The molecule has 0 unspecified atom stereocenters. The molecule has 2 aromatic carbocycles. The van der Waals surface area contributed by atoms with Crippen LogP contribution in [0.1, 0.15) is 56.5 Å². The minimum atomic E-state index is -0.407. The van der Waals surface area contributed by atoms with E-state index in [4.69, 9.17) is 21.1 Å². The summed E-state index contributed by atoms with van der Waals surface area (Å²) < 4.78 is 10.8.